The third-order valence-corrected chi connectivity index (χ3v) is 6.47. The molecule has 0 heterocycles. The molecule has 2 atom stereocenters. The Morgan fingerprint density at radius 2 is 0.915 bits per heavy atom. The van der Waals surface area contributed by atoms with Gasteiger partial charge in [0.15, 0.2) is 0 Å². The molecule has 4 amide bonds. The largest absolute Gasteiger partial charge is 0.480 e. The van der Waals surface area contributed by atoms with E-state index in [1.165, 1.54) is 0 Å². The van der Waals surface area contributed by atoms with E-state index in [-0.39, 0.29) is 51.6 Å². The molecule has 0 aromatic carbocycles. The molecule has 2 unspecified atom stereocenters. The Labute approximate surface area is 273 Å². The fourth-order valence-corrected chi connectivity index (χ4v) is 3.86. The summed E-state index contributed by atoms with van der Waals surface area (Å²) in [7, 11) is 2.28. The van der Waals surface area contributed by atoms with Crippen LogP contribution in [-0.2, 0) is 38.1 Å². The third kappa shape index (κ3) is 25.4. The number of aliphatic carboxylic acids is 2. The first-order valence-corrected chi connectivity index (χ1v) is 15.6. The van der Waals surface area contributed by atoms with Gasteiger partial charge in [0.25, 0.3) is 0 Å². The maximum absolute atomic E-state index is 11.9. The highest BCUT2D eigenvalue weighted by Crippen LogP contribution is 2.05. The molecular formula is C29H50N4O14. The highest BCUT2D eigenvalue weighted by atomic mass is 16.6. The minimum atomic E-state index is -1.17. The van der Waals surface area contributed by atoms with Crippen LogP contribution in [0.2, 0.25) is 0 Å². The van der Waals surface area contributed by atoms with Gasteiger partial charge >= 0.3 is 42.3 Å². The van der Waals surface area contributed by atoms with E-state index in [4.69, 9.17) is 24.4 Å². The van der Waals surface area contributed by atoms with Crippen LogP contribution in [0.3, 0.4) is 0 Å². The molecule has 0 aliphatic carbocycles. The molecule has 47 heavy (non-hydrogen) atoms. The third-order valence-electron chi connectivity index (χ3n) is 6.47. The van der Waals surface area contributed by atoms with Crippen LogP contribution in [0.5, 0.6) is 0 Å². The molecule has 0 saturated carbocycles. The van der Waals surface area contributed by atoms with Crippen LogP contribution in [0.4, 0.5) is 19.2 Å². The number of hydrogen-bond acceptors (Lipinski definition) is 12. The van der Waals surface area contributed by atoms with Crippen molar-refractivity contribution in [2.45, 2.75) is 95.6 Å². The molecule has 0 radical (unpaired) electrons. The minimum absolute atomic E-state index is 0.185. The normalized spacial score (nSPS) is 11.6. The lowest BCUT2D eigenvalue weighted by molar-refractivity contribution is -0.144. The van der Waals surface area contributed by atoms with Crippen molar-refractivity contribution in [2.24, 2.45) is 0 Å². The molecule has 18 nitrogen and oxygen atoms in total. The van der Waals surface area contributed by atoms with Crippen molar-refractivity contribution >= 4 is 42.3 Å². The van der Waals surface area contributed by atoms with E-state index in [1.807, 2.05) is 0 Å². The second-order valence-electron chi connectivity index (χ2n) is 10.3. The summed E-state index contributed by atoms with van der Waals surface area (Å²) in [5.74, 6) is -2.66. The summed E-state index contributed by atoms with van der Waals surface area (Å²) in [6.07, 6.45) is 3.44. The van der Waals surface area contributed by atoms with E-state index in [0.29, 0.717) is 70.8 Å². The van der Waals surface area contributed by atoms with E-state index in [2.05, 4.69) is 30.7 Å². The van der Waals surface area contributed by atoms with Gasteiger partial charge in [-0.1, -0.05) is 0 Å². The van der Waals surface area contributed by atoms with Crippen LogP contribution in [0.1, 0.15) is 83.5 Å². The number of carbonyl (C=O) groups is 7. The lowest BCUT2D eigenvalue weighted by Crippen LogP contribution is -2.40. The number of rotatable bonds is 26. The summed E-state index contributed by atoms with van der Waals surface area (Å²) < 4.78 is 24.1. The van der Waals surface area contributed by atoms with Gasteiger partial charge in [-0.05, 0) is 77.0 Å². The predicted octanol–water partition coefficient (Wildman–Crippen LogP) is 2.67. The zero-order chi connectivity index (χ0) is 35.3. The van der Waals surface area contributed by atoms with Gasteiger partial charge in [0.1, 0.15) is 12.1 Å². The Balaban J connectivity index is 3.63. The average molecular weight is 679 g/mol. The van der Waals surface area contributed by atoms with E-state index in [9.17, 15) is 33.6 Å². The number of ether oxygens (including phenoxy) is 5. The molecule has 0 aromatic heterocycles. The molecule has 270 valence electrons. The Kier molecular flexibility index (Phi) is 25.1. The standard InChI is InChI=1S/C29H50N4O14/c1-43-28(41)32-21(24(35)36)13-6-8-16-30-26(39)46-19-10-3-5-15-23(34)45-18-11-4-12-20-47-27(40)31-17-9-7-14-22(25(37)38)33-29(42)44-2/h21-22H,3-20H2,1-2H3,(H,30,39)(H,31,40)(H,32,41)(H,33,42)(H,35,36)(H,37,38). The second kappa shape index (κ2) is 27.8. The van der Waals surface area contributed by atoms with Crippen LogP contribution in [0, 0.1) is 0 Å². The molecule has 0 aliphatic heterocycles. The molecule has 0 aliphatic rings. The fraction of sp³-hybridized carbons (Fsp3) is 0.759. The van der Waals surface area contributed by atoms with Crippen LogP contribution >= 0.6 is 0 Å². The maximum Gasteiger partial charge on any atom is 0.407 e. The van der Waals surface area contributed by atoms with Gasteiger partial charge in [-0.25, -0.2) is 28.8 Å². The van der Waals surface area contributed by atoms with Crippen LogP contribution < -0.4 is 21.3 Å². The number of carbonyl (C=O) groups excluding carboxylic acids is 5. The van der Waals surface area contributed by atoms with Gasteiger partial charge in [-0.15, -0.1) is 0 Å². The topological polar surface area (TPSA) is 254 Å². The number of methoxy groups -OCH3 is 2. The smallest absolute Gasteiger partial charge is 0.407 e. The van der Waals surface area contributed by atoms with Crippen molar-refractivity contribution in [1.82, 2.24) is 21.3 Å². The van der Waals surface area contributed by atoms with Crippen LogP contribution in [0.15, 0.2) is 0 Å². The number of carboxylic acid groups (broad SMARTS) is 2. The van der Waals surface area contributed by atoms with Crippen LogP contribution in [-0.4, -0.2) is 112 Å². The summed E-state index contributed by atoms with van der Waals surface area (Å²) in [6, 6.07) is -2.14. The second-order valence-corrected chi connectivity index (χ2v) is 10.3. The number of alkyl carbamates (subject to hydrolysis) is 4. The highest BCUT2D eigenvalue weighted by Gasteiger charge is 2.20. The number of carboxylic acids is 2. The number of amides is 4. The van der Waals surface area contributed by atoms with Gasteiger partial charge in [0, 0.05) is 19.5 Å². The summed E-state index contributed by atoms with van der Waals surface area (Å²) in [6.45, 7) is 1.23. The van der Waals surface area contributed by atoms with E-state index >= 15 is 0 Å². The van der Waals surface area contributed by atoms with Crippen LogP contribution in [0.25, 0.3) is 0 Å². The lowest BCUT2D eigenvalue weighted by Gasteiger charge is -2.13. The van der Waals surface area contributed by atoms with E-state index < -0.39 is 48.4 Å². The Morgan fingerprint density at radius 1 is 0.511 bits per heavy atom. The zero-order valence-electron chi connectivity index (χ0n) is 27.2. The van der Waals surface area contributed by atoms with Gasteiger partial charge in [-0.3, -0.25) is 4.79 Å². The number of esters is 1. The fourth-order valence-electron chi connectivity index (χ4n) is 3.86. The molecule has 0 saturated heterocycles. The molecular weight excluding hydrogens is 628 g/mol. The van der Waals surface area contributed by atoms with Crippen molar-refractivity contribution in [3.63, 3.8) is 0 Å². The maximum atomic E-state index is 11.9. The molecule has 0 bridgehead atoms. The summed E-state index contributed by atoms with van der Waals surface area (Å²) >= 11 is 0. The Hall–Kier alpha value is -4.51. The van der Waals surface area contributed by atoms with Gasteiger partial charge in [0.05, 0.1) is 34.0 Å². The van der Waals surface area contributed by atoms with Gasteiger partial charge < -0.3 is 55.2 Å². The molecule has 0 aromatic rings. The zero-order valence-corrected chi connectivity index (χ0v) is 27.2. The first kappa shape index (κ1) is 42.5. The minimum Gasteiger partial charge on any atom is -0.480 e. The van der Waals surface area contributed by atoms with Gasteiger partial charge in [0.2, 0.25) is 0 Å². The Morgan fingerprint density at radius 3 is 1.32 bits per heavy atom. The molecule has 6 N–H and O–H groups in total. The van der Waals surface area contributed by atoms with Crippen molar-refractivity contribution in [1.29, 1.82) is 0 Å². The molecule has 0 spiro atoms. The first-order valence-electron chi connectivity index (χ1n) is 15.6. The number of unbranched alkanes of at least 4 members (excludes halogenated alkanes) is 6. The monoisotopic (exact) mass is 678 g/mol. The Bertz CT molecular complexity index is 965. The molecule has 0 fully saturated rings. The van der Waals surface area contributed by atoms with E-state index in [1.54, 1.807) is 0 Å². The summed E-state index contributed by atoms with van der Waals surface area (Å²) in [4.78, 5) is 79.8. The SMILES string of the molecule is COC(=O)NC(CCCCNC(=O)OCCCCCOC(=O)CCCCCOC(=O)NCCCCC(NC(=O)OC)C(=O)O)C(=O)O. The van der Waals surface area contributed by atoms with Crippen molar-refractivity contribution < 1.29 is 67.5 Å². The summed E-state index contributed by atoms with van der Waals surface area (Å²) in [5, 5.41) is 27.7. The molecule has 0 rings (SSSR count). The number of nitrogens with one attached hydrogen (secondary N) is 4. The van der Waals surface area contributed by atoms with Crippen molar-refractivity contribution in [3.05, 3.63) is 0 Å². The number of hydrogen-bond donors (Lipinski definition) is 6. The predicted molar refractivity (Wildman–Crippen MR) is 164 cm³/mol. The van der Waals surface area contributed by atoms with Crippen molar-refractivity contribution in [3.8, 4) is 0 Å². The molecule has 18 heteroatoms. The van der Waals surface area contributed by atoms with Crippen molar-refractivity contribution in [2.75, 3.05) is 47.1 Å². The van der Waals surface area contributed by atoms with E-state index in [0.717, 1.165) is 14.2 Å². The highest BCUT2D eigenvalue weighted by molar-refractivity contribution is 5.80. The summed E-state index contributed by atoms with van der Waals surface area (Å²) in [5.41, 5.74) is 0. The first-order chi connectivity index (χ1) is 22.5. The van der Waals surface area contributed by atoms with Gasteiger partial charge in [-0.2, -0.15) is 0 Å². The average Bonchev–Trinajstić information content (AvgIpc) is 3.03. The quantitative estimate of drug-likeness (QED) is 0.0437. The lowest BCUT2D eigenvalue weighted by atomic mass is 10.1.